The van der Waals surface area contributed by atoms with E-state index in [0.717, 1.165) is 55.6 Å². The molecule has 2 aromatic rings. The molecule has 0 amide bonds. The highest BCUT2D eigenvalue weighted by Gasteiger charge is 2.43. The van der Waals surface area contributed by atoms with Gasteiger partial charge in [0.1, 0.15) is 0 Å². The lowest BCUT2D eigenvalue weighted by atomic mass is 9.78. The van der Waals surface area contributed by atoms with Crippen molar-refractivity contribution in [3.63, 3.8) is 0 Å². The van der Waals surface area contributed by atoms with E-state index in [0.29, 0.717) is 29.5 Å². The Bertz CT molecular complexity index is 1100. The van der Waals surface area contributed by atoms with Gasteiger partial charge in [-0.2, -0.15) is 4.31 Å². The van der Waals surface area contributed by atoms with E-state index in [1.165, 1.54) is 14.2 Å². The summed E-state index contributed by atoms with van der Waals surface area (Å²) in [7, 11) is -0.413. The summed E-state index contributed by atoms with van der Waals surface area (Å²) in [5.74, 6) is 0.825. The number of likely N-dealkylation sites (tertiary alicyclic amines) is 1. The van der Waals surface area contributed by atoms with Crippen molar-refractivity contribution in [2.24, 2.45) is 5.41 Å². The number of methoxy groups -OCH3 is 2. The number of piperidine rings is 1. The number of rotatable bonds is 6. The van der Waals surface area contributed by atoms with Crippen molar-refractivity contribution in [2.75, 3.05) is 40.4 Å². The summed E-state index contributed by atoms with van der Waals surface area (Å²) in [6, 6.07) is 9.32. The second kappa shape index (κ2) is 9.16. The van der Waals surface area contributed by atoms with Crippen LogP contribution >= 0.6 is 0 Å². The summed E-state index contributed by atoms with van der Waals surface area (Å²) >= 11 is 0. The third-order valence-corrected chi connectivity index (χ3v) is 9.25. The average molecular weight is 475 g/mol. The molecule has 2 aliphatic heterocycles. The van der Waals surface area contributed by atoms with Gasteiger partial charge in [-0.15, -0.1) is 0 Å². The molecule has 2 saturated heterocycles. The Hall–Kier alpha value is -2.29. The Morgan fingerprint density at radius 3 is 2.18 bits per heavy atom. The minimum Gasteiger partial charge on any atom is -0.502 e. The Labute approximate surface area is 197 Å². The minimum atomic E-state index is -3.47. The highest BCUT2D eigenvalue weighted by Crippen LogP contribution is 2.43. The van der Waals surface area contributed by atoms with Crippen molar-refractivity contribution in [1.29, 1.82) is 0 Å². The summed E-state index contributed by atoms with van der Waals surface area (Å²) in [6.07, 6.45) is 2.81. The first-order valence-electron chi connectivity index (χ1n) is 11.4. The zero-order valence-corrected chi connectivity index (χ0v) is 20.7. The van der Waals surface area contributed by atoms with E-state index in [2.05, 4.69) is 4.90 Å². The fourth-order valence-electron chi connectivity index (χ4n) is 5.19. The summed E-state index contributed by atoms with van der Waals surface area (Å²) in [6.45, 7) is 7.55. The lowest BCUT2D eigenvalue weighted by molar-refractivity contribution is 0.153. The maximum atomic E-state index is 13.3. The molecule has 0 radical (unpaired) electrons. The predicted octanol–water partition coefficient (Wildman–Crippen LogP) is 3.70. The predicted molar refractivity (Wildman–Crippen MR) is 127 cm³/mol. The second-order valence-electron chi connectivity index (χ2n) is 9.48. The number of benzene rings is 2. The number of aryl methyl sites for hydroxylation is 2. The van der Waals surface area contributed by atoms with E-state index >= 15 is 0 Å². The lowest BCUT2D eigenvalue weighted by Crippen LogP contribution is -2.44. The molecule has 0 aliphatic carbocycles. The third-order valence-electron chi connectivity index (χ3n) is 7.21. The first kappa shape index (κ1) is 23.9. The van der Waals surface area contributed by atoms with Crippen LogP contribution in [0.1, 0.15) is 36.0 Å². The first-order chi connectivity index (χ1) is 15.7. The third kappa shape index (κ3) is 4.69. The van der Waals surface area contributed by atoms with Crippen molar-refractivity contribution in [3.8, 4) is 17.2 Å². The van der Waals surface area contributed by atoms with Crippen LogP contribution in [0.5, 0.6) is 17.2 Å². The quantitative estimate of drug-likeness (QED) is 0.688. The van der Waals surface area contributed by atoms with Crippen LogP contribution in [0.2, 0.25) is 0 Å². The molecule has 2 fully saturated rings. The molecule has 0 atom stereocenters. The molecule has 0 saturated carbocycles. The minimum absolute atomic E-state index is 0.0130. The van der Waals surface area contributed by atoms with Gasteiger partial charge >= 0.3 is 0 Å². The maximum absolute atomic E-state index is 13.3. The van der Waals surface area contributed by atoms with Crippen LogP contribution in [0.4, 0.5) is 0 Å². The van der Waals surface area contributed by atoms with Gasteiger partial charge in [-0.3, -0.25) is 4.90 Å². The molecule has 2 heterocycles. The van der Waals surface area contributed by atoms with Gasteiger partial charge in [0.25, 0.3) is 0 Å². The van der Waals surface area contributed by atoms with Gasteiger partial charge in [0.05, 0.1) is 19.1 Å². The molecular formula is C25H34N2O5S. The Morgan fingerprint density at radius 1 is 0.970 bits per heavy atom. The summed E-state index contributed by atoms with van der Waals surface area (Å²) in [4.78, 5) is 2.84. The SMILES string of the molecule is COc1cc(CN2CCC3(CCN(S(=O)(=O)c4cc(C)ccc4C)CC3)C2)cc(OC)c1O. The van der Waals surface area contributed by atoms with Crippen molar-refractivity contribution in [3.05, 3.63) is 47.0 Å². The molecule has 2 aliphatic rings. The van der Waals surface area contributed by atoms with Gasteiger partial charge in [-0.25, -0.2) is 8.42 Å². The van der Waals surface area contributed by atoms with Crippen molar-refractivity contribution in [2.45, 2.75) is 44.6 Å². The van der Waals surface area contributed by atoms with Crippen LogP contribution in [-0.2, 0) is 16.6 Å². The molecule has 33 heavy (non-hydrogen) atoms. The monoisotopic (exact) mass is 474 g/mol. The fraction of sp³-hybridized carbons (Fsp3) is 0.520. The van der Waals surface area contributed by atoms with Gasteiger partial charge in [0, 0.05) is 26.2 Å². The molecule has 0 unspecified atom stereocenters. The van der Waals surface area contributed by atoms with Gasteiger partial charge in [0.15, 0.2) is 11.5 Å². The van der Waals surface area contributed by atoms with Gasteiger partial charge in [0.2, 0.25) is 15.8 Å². The highest BCUT2D eigenvalue weighted by molar-refractivity contribution is 7.89. The Balaban J connectivity index is 1.42. The van der Waals surface area contributed by atoms with Crippen LogP contribution < -0.4 is 9.47 Å². The number of hydrogen-bond acceptors (Lipinski definition) is 6. The molecule has 180 valence electrons. The largest absolute Gasteiger partial charge is 0.502 e. The van der Waals surface area contributed by atoms with Crippen LogP contribution in [0.25, 0.3) is 0 Å². The molecular weight excluding hydrogens is 440 g/mol. The van der Waals surface area contributed by atoms with E-state index < -0.39 is 10.0 Å². The molecule has 8 heteroatoms. The molecule has 1 spiro atoms. The normalized spacial score (nSPS) is 19.2. The summed E-state index contributed by atoms with van der Waals surface area (Å²) in [5.41, 5.74) is 2.93. The number of ether oxygens (including phenoxy) is 2. The number of phenols is 1. The fourth-order valence-corrected chi connectivity index (χ4v) is 6.94. The molecule has 7 nitrogen and oxygen atoms in total. The van der Waals surface area contributed by atoms with Crippen LogP contribution in [0, 0.1) is 19.3 Å². The van der Waals surface area contributed by atoms with Crippen LogP contribution in [0.15, 0.2) is 35.2 Å². The number of aromatic hydroxyl groups is 1. The highest BCUT2D eigenvalue weighted by atomic mass is 32.2. The van der Waals surface area contributed by atoms with Gasteiger partial charge in [-0.1, -0.05) is 12.1 Å². The van der Waals surface area contributed by atoms with E-state index in [1.54, 1.807) is 10.4 Å². The molecule has 0 aromatic heterocycles. The van der Waals surface area contributed by atoms with Crippen LogP contribution in [0.3, 0.4) is 0 Å². The van der Waals surface area contributed by atoms with Gasteiger partial charge in [-0.05, 0) is 80.0 Å². The molecule has 2 aromatic carbocycles. The summed E-state index contributed by atoms with van der Waals surface area (Å²) < 4.78 is 38.8. The smallest absolute Gasteiger partial charge is 0.243 e. The van der Waals surface area contributed by atoms with Crippen molar-refractivity contribution < 1.29 is 23.0 Å². The Kier molecular flexibility index (Phi) is 6.62. The van der Waals surface area contributed by atoms with Crippen molar-refractivity contribution in [1.82, 2.24) is 9.21 Å². The van der Waals surface area contributed by atoms with Crippen molar-refractivity contribution >= 4 is 10.0 Å². The summed E-state index contributed by atoms with van der Waals surface area (Å²) in [5, 5.41) is 10.2. The second-order valence-corrected chi connectivity index (χ2v) is 11.4. The topological polar surface area (TPSA) is 79.3 Å². The average Bonchev–Trinajstić information content (AvgIpc) is 3.18. The zero-order chi connectivity index (χ0) is 23.8. The zero-order valence-electron chi connectivity index (χ0n) is 19.9. The van der Waals surface area contributed by atoms with E-state index in [9.17, 15) is 13.5 Å². The van der Waals surface area contributed by atoms with E-state index in [4.69, 9.17) is 9.47 Å². The van der Waals surface area contributed by atoms with E-state index in [-0.39, 0.29) is 11.2 Å². The van der Waals surface area contributed by atoms with Crippen LogP contribution in [-0.4, -0.2) is 63.1 Å². The lowest BCUT2D eigenvalue weighted by Gasteiger charge is -2.39. The first-order valence-corrected chi connectivity index (χ1v) is 12.9. The number of nitrogens with zero attached hydrogens (tertiary/aromatic N) is 2. The number of phenolic OH excluding ortho intramolecular Hbond substituents is 1. The Morgan fingerprint density at radius 2 is 1.58 bits per heavy atom. The number of sulfonamides is 1. The molecule has 4 rings (SSSR count). The molecule has 1 N–H and O–H groups in total. The maximum Gasteiger partial charge on any atom is 0.243 e. The number of hydrogen-bond donors (Lipinski definition) is 1. The standard InChI is InChI=1S/C25H34N2O5S/c1-18-5-6-19(2)23(13-18)33(29,30)27-11-8-25(9-12-27)7-10-26(17-25)16-20-14-21(31-3)24(28)22(15-20)32-4/h5-6,13-15,28H,7-12,16-17H2,1-4H3. The molecule has 0 bridgehead atoms. The van der Waals surface area contributed by atoms with E-state index in [1.807, 2.05) is 38.1 Å². The van der Waals surface area contributed by atoms with Gasteiger partial charge < -0.3 is 14.6 Å².